The second kappa shape index (κ2) is 5.40. The molecule has 0 aliphatic rings. The maximum Gasteiger partial charge on any atom is 0.140 e. The lowest BCUT2D eigenvalue weighted by Crippen LogP contribution is -2.10. The minimum Gasteiger partial charge on any atom is -0.506 e. The van der Waals surface area contributed by atoms with Crippen molar-refractivity contribution in [2.45, 2.75) is 18.9 Å². The van der Waals surface area contributed by atoms with Gasteiger partial charge in [-0.15, -0.1) is 6.58 Å². The number of halogens is 2. The van der Waals surface area contributed by atoms with Gasteiger partial charge in [-0.25, -0.2) is 0 Å². The molecule has 0 saturated carbocycles. The van der Waals surface area contributed by atoms with E-state index in [0.717, 1.165) is 12.8 Å². The van der Waals surface area contributed by atoms with Crippen LogP contribution in [-0.4, -0.2) is 5.11 Å². The molecular weight excluding hydrogens is 233 g/mol. The molecule has 15 heavy (non-hydrogen) atoms. The number of nitrogens with two attached hydrogens (primary N) is 1. The van der Waals surface area contributed by atoms with E-state index in [-0.39, 0.29) is 16.8 Å². The standard InChI is InChI=1S/C11H13Cl2NO/c1-2-3-4-9(14)7-5-6-8(12)10(13)11(7)15/h2,5-6,9,15H,1,3-4,14H2/t9-/m0/s1. The summed E-state index contributed by atoms with van der Waals surface area (Å²) in [7, 11) is 0. The highest BCUT2D eigenvalue weighted by Crippen LogP contribution is 2.37. The summed E-state index contributed by atoms with van der Waals surface area (Å²) in [5.41, 5.74) is 6.51. The van der Waals surface area contributed by atoms with Crippen LogP contribution in [0.2, 0.25) is 10.0 Å². The monoisotopic (exact) mass is 245 g/mol. The lowest BCUT2D eigenvalue weighted by Gasteiger charge is -2.14. The van der Waals surface area contributed by atoms with Crippen LogP contribution in [0.15, 0.2) is 24.8 Å². The molecule has 1 aromatic rings. The van der Waals surface area contributed by atoms with E-state index in [1.165, 1.54) is 0 Å². The average Bonchev–Trinajstić information content (AvgIpc) is 2.23. The first-order chi connectivity index (χ1) is 7.07. The summed E-state index contributed by atoms with van der Waals surface area (Å²) in [6.45, 7) is 3.62. The lowest BCUT2D eigenvalue weighted by molar-refractivity contribution is 0.459. The largest absolute Gasteiger partial charge is 0.506 e. The summed E-state index contributed by atoms with van der Waals surface area (Å²) in [4.78, 5) is 0. The molecule has 0 heterocycles. The predicted molar refractivity (Wildman–Crippen MR) is 64.5 cm³/mol. The number of phenols is 1. The minimum atomic E-state index is -0.252. The summed E-state index contributed by atoms with van der Waals surface area (Å²) in [5, 5.41) is 10.2. The first-order valence-electron chi connectivity index (χ1n) is 4.61. The molecule has 1 rings (SSSR count). The number of allylic oxidation sites excluding steroid dienone is 1. The quantitative estimate of drug-likeness (QED) is 0.796. The van der Waals surface area contributed by atoms with Crippen LogP contribution in [0.3, 0.4) is 0 Å². The van der Waals surface area contributed by atoms with Gasteiger partial charge < -0.3 is 10.8 Å². The molecule has 4 heteroatoms. The maximum absolute atomic E-state index is 9.73. The van der Waals surface area contributed by atoms with Crippen molar-refractivity contribution in [1.82, 2.24) is 0 Å². The number of hydrogen-bond acceptors (Lipinski definition) is 2. The fourth-order valence-electron chi connectivity index (χ4n) is 1.31. The normalized spacial score (nSPS) is 12.5. The highest BCUT2D eigenvalue weighted by atomic mass is 35.5. The van der Waals surface area contributed by atoms with Gasteiger partial charge in [-0.3, -0.25) is 0 Å². The molecule has 0 unspecified atom stereocenters. The van der Waals surface area contributed by atoms with Gasteiger partial charge in [-0.2, -0.15) is 0 Å². The van der Waals surface area contributed by atoms with Crippen LogP contribution >= 0.6 is 23.2 Å². The fraction of sp³-hybridized carbons (Fsp3) is 0.273. The third-order valence-corrected chi connectivity index (χ3v) is 2.98. The molecule has 0 spiro atoms. The Labute approximate surface area is 99.3 Å². The van der Waals surface area contributed by atoms with Gasteiger partial charge in [0.05, 0.1) is 5.02 Å². The van der Waals surface area contributed by atoms with Crippen molar-refractivity contribution in [3.8, 4) is 5.75 Å². The van der Waals surface area contributed by atoms with Crippen molar-refractivity contribution in [3.63, 3.8) is 0 Å². The van der Waals surface area contributed by atoms with E-state index < -0.39 is 0 Å². The van der Waals surface area contributed by atoms with E-state index in [9.17, 15) is 5.11 Å². The van der Waals surface area contributed by atoms with Gasteiger partial charge in [0.1, 0.15) is 10.8 Å². The zero-order chi connectivity index (χ0) is 11.4. The third-order valence-electron chi connectivity index (χ3n) is 2.18. The van der Waals surface area contributed by atoms with Gasteiger partial charge in [0.25, 0.3) is 0 Å². The average molecular weight is 246 g/mol. The van der Waals surface area contributed by atoms with E-state index >= 15 is 0 Å². The lowest BCUT2D eigenvalue weighted by atomic mass is 10.0. The molecule has 0 aliphatic carbocycles. The molecule has 0 aromatic heterocycles. The van der Waals surface area contributed by atoms with Crippen molar-refractivity contribution < 1.29 is 5.11 Å². The first-order valence-corrected chi connectivity index (χ1v) is 5.36. The van der Waals surface area contributed by atoms with E-state index in [0.29, 0.717) is 10.6 Å². The summed E-state index contributed by atoms with van der Waals surface area (Å²) in [6, 6.07) is 3.07. The van der Waals surface area contributed by atoms with Crippen LogP contribution in [-0.2, 0) is 0 Å². The Morgan fingerprint density at radius 1 is 1.47 bits per heavy atom. The third kappa shape index (κ3) is 2.88. The van der Waals surface area contributed by atoms with E-state index in [4.69, 9.17) is 28.9 Å². The Morgan fingerprint density at radius 3 is 2.73 bits per heavy atom. The van der Waals surface area contributed by atoms with Crippen LogP contribution in [0.5, 0.6) is 5.75 Å². The Hall–Kier alpha value is -0.700. The molecule has 0 saturated heterocycles. The molecule has 3 N–H and O–H groups in total. The number of phenolic OH excluding ortho intramolecular Hbond substituents is 1. The highest BCUT2D eigenvalue weighted by Gasteiger charge is 2.14. The Kier molecular flexibility index (Phi) is 4.45. The second-order valence-electron chi connectivity index (χ2n) is 3.27. The van der Waals surface area contributed by atoms with E-state index in [1.54, 1.807) is 18.2 Å². The first kappa shape index (κ1) is 12.4. The zero-order valence-corrected chi connectivity index (χ0v) is 9.72. The van der Waals surface area contributed by atoms with Crippen LogP contribution in [0.25, 0.3) is 0 Å². The van der Waals surface area contributed by atoms with Crippen molar-refractivity contribution >= 4 is 23.2 Å². The van der Waals surface area contributed by atoms with E-state index in [1.807, 2.05) is 0 Å². The molecule has 0 radical (unpaired) electrons. The molecule has 0 amide bonds. The summed E-state index contributed by atoms with van der Waals surface area (Å²) < 4.78 is 0. The van der Waals surface area contributed by atoms with Crippen molar-refractivity contribution in [2.75, 3.05) is 0 Å². The van der Waals surface area contributed by atoms with Gasteiger partial charge in [0.2, 0.25) is 0 Å². The predicted octanol–water partition coefficient (Wildman–Crippen LogP) is 3.67. The molecule has 2 nitrogen and oxygen atoms in total. The number of aromatic hydroxyl groups is 1. The van der Waals surface area contributed by atoms with Crippen LogP contribution < -0.4 is 5.73 Å². The topological polar surface area (TPSA) is 46.2 Å². The summed E-state index contributed by atoms with van der Waals surface area (Å²) in [6.07, 6.45) is 3.30. The van der Waals surface area contributed by atoms with Crippen molar-refractivity contribution in [2.24, 2.45) is 5.73 Å². The molecular formula is C11H13Cl2NO. The molecule has 1 atom stereocenters. The molecule has 0 fully saturated rings. The molecule has 82 valence electrons. The number of rotatable bonds is 4. The van der Waals surface area contributed by atoms with Gasteiger partial charge in [-0.1, -0.05) is 35.3 Å². The maximum atomic E-state index is 9.73. The Bertz CT molecular complexity index is 366. The zero-order valence-electron chi connectivity index (χ0n) is 8.21. The van der Waals surface area contributed by atoms with Crippen LogP contribution in [0, 0.1) is 0 Å². The fourth-order valence-corrected chi connectivity index (χ4v) is 1.63. The van der Waals surface area contributed by atoms with Crippen LogP contribution in [0.1, 0.15) is 24.4 Å². The summed E-state index contributed by atoms with van der Waals surface area (Å²) in [5.74, 6) is -0.0271. The SMILES string of the molecule is C=CCC[C@H](N)c1ccc(Cl)c(Cl)c1O. The Morgan fingerprint density at radius 2 is 2.13 bits per heavy atom. The van der Waals surface area contributed by atoms with Crippen molar-refractivity contribution in [3.05, 3.63) is 40.4 Å². The van der Waals surface area contributed by atoms with Gasteiger partial charge in [-0.05, 0) is 18.9 Å². The van der Waals surface area contributed by atoms with Gasteiger partial charge in [0.15, 0.2) is 0 Å². The van der Waals surface area contributed by atoms with Gasteiger partial charge in [0, 0.05) is 11.6 Å². The highest BCUT2D eigenvalue weighted by molar-refractivity contribution is 6.43. The number of hydrogen-bond donors (Lipinski definition) is 2. The molecule has 0 bridgehead atoms. The minimum absolute atomic E-state index is 0.0271. The molecule has 0 aliphatic heterocycles. The number of benzene rings is 1. The van der Waals surface area contributed by atoms with Gasteiger partial charge >= 0.3 is 0 Å². The smallest absolute Gasteiger partial charge is 0.140 e. The molecule has 1 aromatic carbocycles. The summed E-state index contributed by atoms with van der Waals surface area (Å²) >= 11 is 11.5. The van der Waals surface area contributed by atoms with Crippen LogP contribution in [0.4, 0.5) is 0 Å². The Balaban J connectivity index is 2.94. The van der Waals surface area contributed by atoms with E-state index in [2.05, 4.69) is 6.58 Å². The van der Waals surface area contributed by atoms with Crippen molar-refractivity contribution in [1.29, 1.82) is 0 Å². The second-order valence-corrected chi connectivity index (χ2v) is 4.06.